The fraction of sp³-hybridized carbons (Fsp3) is 0.259. The van der Waals surface area contributed by atoms with Crippen molar-refractivity contribution in [3.05, 3.63) is 77.4 Å². The van der Waals surface area contributed by atoms with Crippen LogP contribution in [0, 0.1) is 10.8 Å². The Morgan fingerprint density at radius 2 is 1.69 bits per heavy atom. The molecule has 0 saturated carbocycles. The second kappa shape index (κ2) is 13.8. The zero-order chi connectivity index (χ0) is 31.8. The summed E-state index contributed by atoms with van der Waals surface area (Å²) in [5.74, 6) is -2.65. The average Bonchev–Trinajstić information content (AvgIpc) is 2.89. The van der Waals surface area contributed by atoms with Crippen LogP contribution in [-0.4, -0.2) is 75.7 Å². The van der Waals surface area contributed by atoms with E-state index in [9.17, 15) is 33.0 Å². The van der Waals surface area contributed by atoms with Crippen LogP contribution in [0.5, 0.6) is 0 Å². The molecule has 3 rings (SSSR count). The lowest BCUT2D eigenvalue weighted by molar-refractivity contribution is 0.0697. The lowest BCUT2D eigenvalue weighted by atomic mass is 9.87. The molecule has 224 valence electrons. The molecule has 15 heteroatoms. The van der Waals surface area contributed by atoms with E-state index in [1.807, 2.05) is 20.8 Å². The van der Waals surface area contributed by atoms with Gasteiger partial charge in [-0.15, -0.1) is 0 Å². The maximum absolute atomic E-state index is 13.0. The minimum Gasteiger partial charge on any atom is -0.478 e. The van der Waals surface area contributed by atoms with Crippen molar-refractivity contribution in [1.82, 2.24) is 15.3 Å². The average molecular weight is 601 g/mol. The molecule has 0 saturated heterocycles. The Morgan fingerprint density at radius 1 is 1.05 bits per heavy atom. The van der Waals surface area contributed by atoms with Crippen molar-refractivity contribution in [2.24, 2.45) is 11.1 Å². The predicted molar refractivity (Wildman–Crippen MR) is 155 cm³/mol. The minimum absolute atomic E-state index is 0.0362. The molecule has 0 radical (unpaired) electrons. The lowest BCUT2D eigenvalue weighted by Gasteiger charge is -2.29. The van der Waals surface area contributed by atoms with Crippen LogP contribution in [0.25, 0.3) is 11.1 Å². The van der Waals surface area contributed by atoms with Crippen molar-refractivity contribution >= 4 is 39.4 Å². The summed E-state index contributed by atoms with van der Waals surface area (Å²) in [6, 6.07) is 9.71. The van der Waals surface area contributed by atoms with E-state index in [2.05, 4.69) is 20.6 Å². The number of carbonyl (C=O) groups is 3. The van der Waals surface area contributed by atoms with Gasteiger partial charge in [0.1, 0.15) is 17.2 Å². The highest BCUT2D eigenvalue weighted by atomic mass is 32.2. The summed E-state index contributed by atoms with van der Waals surface area (Å²) in [4.78, 5) is 46.1. The molecule has 1 unspecified atom stereocenters. The first kappa shape index (κ1) is 33.5. The molecule has 0 aliphatic heterocycles. The Hall–Kier alpha value is -4.73. The van der Waals surface area contributed by atoms with Crippen LogP contribution >= 0.6 is 0 Å². The van der Waals surface area contributed by atoms with E-state index >= 15 is 0 Å². The number of anilines is 1. The van der Waals surface area contributed by atoms with Gasteiger partial charge in [0.25, 0.3) is 21.9 Å². The van der Waals surface area contributed by atoms with Crippen LogP contribution < -0.4 is 16.4 Å². The van der Waals surface area contributed by atoms with Gasteiger partial charge in [-0.2, -0.15) is 8.42 Å². The maximum atomic E-state index is 13.0. The summed E-state index contributed by atoms with van der Waals surface area (Å²) in [6.07, 6.45) is 3.46. The number of aromatic carboxylic acids is 1. The Kier molecular flexibility index (Phi) is 11.0. The Balaban J connectivity index is 0.00000113. The Morgan fingerprint density at radius 3 is 2.19 bits per heavy atom. The molecule has 2 heterocycles. The van der Waals surface area contributed by atoms with Crippen LogP contribution in [0.15, 0.2) is 54.9 Å². The van der Waals surface area contributed by atoms with E-state index in [4.69, 9.17) is 15.7 Å². The number of nitrogens with one attached hydrogen (secondary N) is 3. The quantitative estimate of drug-likeness (QED) is 0.112. The molecule has 2 aromatic heterocycles. The third-order valence-corrected chi connectivity index (χ3v) is 5.66. The first-order valence-corrected chi connectivity index (χ1v) is 14.1. The highest BCUT2D eigenvalue weighted by Gasteiger charge is 2.27. The number of hydrogen-bond acceptors (Lipinski definition) is 9. The van der Waals surface area contributed by atoms with Gasteiger partial charge in [0.05, 0.1) is 36.4 Å². The first-order valence-electron chi connectivity index (χ1n) is 12.2. The molecular formula is C27H32N6O8S. The summed E-state index contributed by atoms with van der Waals surface area (Å²) in [6.45, 7) is 5.31. The van der Waals surface area contributed by atoms with Crippen molar-refractivity contribution in [3.8, 4) is 11.1 Å². The molecule has 14 nitrogen and oxygen atoms in total. The standard InChI is InChI=1S/C26H28N6O5.CH4O3S/c1-26(2,3)20(13-33)32-23(34)14-6-8-16(18(11-14)25(36)37)17-5-4-10-29-21(17)24(35)31-15-7-9-19(22(27)28)30-12-15;1-5(2,3)4/h4-12,20,33H,13H2,1-3H3,(H3,27,28)(H,31,35)(H,32,34)(H,36,37);1H3,(H,2,3,4). The van der Waals surface area contributed by atoms with Gasteiger partial charge in [-0.05, 0) is 41.3 Å². The van der Waals surface area contributed by atoms with Gasteiger partial charge in [0.2, 0.25) is 0 Å². The van der Waals surface area contributed by atoms with E-state index in [0.29, 0.717) is 11.9 Å². The largest absolute Gasteiger partial charge is 0.478 e. The summed E-state index contributed by atoms with van der Waals surface area (Å²) >= 11 is 0. The second-order valence-corrected chi connectivity index (χ2v) is 11.5. The molecule has 3 aromatic rings. The molecule has 2 amide bonds. The molecule has 0 bridgehead atoms. The number of aliphatic hydroxyl groups is 1. The Labute approximate surface area is 242 Å². The highest BCUT2D eigenvalue weighted by Crippen LogP contribution is 2.28. The van der Waals surface area contributed by atoms with Gasteiger partial charge in [0.15, 0.2) is 0 Å². The number of rotatable bonds is 8. The van der Waals surface area contributed by atoms with E-state index in [1.54, 1.807) is 12.1 Å². The second-order valence-electron chi connectivity index (χ2n) is 10.1. The number of carbonyl (C=O) groups excluding carboxylic acids is 2. The van der Waals surface area contributed by atoms with Gasteiger partial charge < -0.3 is 26.6 Å². The van der Waals surface area contributed by atoms with Crippen LogP contribution in [0.2, 0.25) is 0 Å². The van der Waals surface area contributed by atoms with Crippen LogP contribution in [0.4, 0.5) is 5.69 Å². The number of carboxylic acid groups (broad SMARTS) is 1. The van der Waals surface area contributed by atoms with E-state index < -0.39 is 39.4 Å². The monoisotopic (exact) mass is 600 g/mol. The molecule has 1 aromatic carbocycles. The van der Waals surface area contributed by atoms with E-state index in [-0.39, 0.29) is 46.1 Å². The van der Waals surface area contributed by atoms with Gasteiger partial charge >= 0.3 is 5.97 Å². The number of aromatic nitrogens is 2. The number of nitrogens with two attached hydrogens (primary N) is 1. The lowest BCUT2D eigenvalue weighted by Crippen LogP contribution is -2.46. The van der Waals surface area contributed by atoms with Crippen LogP contribution in [0.3, 0.4) is 0 Å². The number of carboxylic acids is 1. The van der Waals surface area contributed by atoms with Gasteiger partial charge in [0, 0.05) is 17.3 Å². The summed E-state index contributed by atoms with van der Waals surface area (Å²) in [5, 5.41) is 32.3. The fourth-order valence-electron chi connectivity index (χ4n) is 3.50. The summed E-state index contributed by atoms with van der Waals surface area (Å²) < 4.78 is 25.9. The number of amidine groups is 1. The topological polar surface area (TPSA) is 246 Å². The molecule has 0 spiro atoms. The Bertz CT molecular complexity index is 1580. The number of aliphatic hydroxyl groups excluding tert-OH is 1. The van der Waals surface area contributed by atoms with Crippen LogP contribution in [-0.2, 0) is 10.1 Å². The number of nitrogens with zero attached hydrogens (tertiary/aromatic N) is 2. The SMILES string of the molecule is CC(C)(C)C(CO)NC(=O)c1ccc(-c2cccnc2C(=O)Nc2ccc(C(=N)N)nc2)c(C(=O)O)c1.CS(=O)(=O)O. The van der Waals surface area contributed by atoms with Crippen molar-refractivity contribution in [2.45, 2.75) is 26.8 Å². The summed E-state index contributed by atoms with van der Waals surface area (Å²) in [7, 11) is -3.67. The molecule has 0 aliphatic carbocycles. The highest BCUT2D eigenvalue weighted by molar-refractivity contribution is 7.85. The van der Waals surface area contributed by atoms with Crippen molar-refractivity contribution in [3.63, 3.8) is 0 Å². The molecule has 0 fully saturated rings. The number of benzene rings is 1. The molecule has 0 aliphatic rings. The predicted octanol–water partition coefficient (Wildman–Crippen LogP) is 2.02. The number of hydrogen-bond donors (Lipinski definition) is 7. The van der Waals surface area contributed by atoms with Gasteiger partial charge in [-0.1, -0.05) is 32.9 Å². The third kappa shape index (κ3) is 9.72. The van der Waals surface area contributed by atoms with Crippen molar-refractivity contribution in [2.75, 3.05) is 18.2 Å². The van der Waals surface area contributed by atoms with E-state index in [1.165, 1.54) is 42.7 Å². The van der Waals surface area contributed by atoms with Gasteiger partial charge in [-0.3, -0.25) is 29.5 Å². The zero-order valence-corrected chi connectivity index (χ0v) is 24.1. The molecule has 1 atom stereocenters. The first-order chi connectivity index (χ1) is 19.4. The maximum Gasteiger partial charge on any atom is 0.336 e. The van der Waals surface area contributed by atoms with Gasteiger partial charge in [-0.25, -0.2) is 4.79 Å². The number of nitrogen functional groups attached to an aromatic ring is 1. The van der Waals surface area contributed by atoms with Crippen molar-refractivity contribution < 1.29 is 37.6 Å². The van der Waals surface area contributed by atoms with E-state index in [0.717, 1.165) is 0 Å². The number of amides is 2. The number of pyridine rings is 2. The fourth-order valence-corrected chi connectivity index (χ4v) is 3.50. The minimum atomic E-state index is -3.67. The van der Waals surface area contributed by atoms with Crippen LogP contribution in [0.1, 0.15) is 57.7 Å². The molecule has 8 N–H and O–H groups in total. The summed E-state index contributed by atoms with van der Waals surface area (Å²) in [5.41, 5.74) is 5.87. The third-order valence-electron chi connectivity index (χ3n) is 5.66. The van der Waals surface area contributed by atoms with Crippen molar-refractivity contribution in [1.29, 1.82) is 5.41 Å². The normalized spacial score (nSPS) is 11.9. The molecular weight excluding hydrogens is 568 g/mol. The smallest absolute Gasteiger partial charge is 0.336 e. The zero-order valence-electron chi connectivity index (χ0n) is 23.2. The molecule has 42 heavy (non-hydrogen) atoms.